The minimum absolute atomic E-state index is 0.0446. The Morgan fingerprint density at radius 3 is 2.03 bits per heavy atom. The zero-order valence-electron chi connectivity index (χ0n) is 18.2. The van der Waals surface area contributed by atoms with Gasteiger partial charge in [-0.1, -0.05) is 24.3 Å². The lowest BCUT2D eigenvalue weighted by Crippen LogP contribution is -2.48. The Balaban J connectivity index is 0.000000534. The molecule has 2 N–H and O–H groups in total. The van der Waals surface area contributed by atoms with Crippen molar-refractivity contribution in [3.8, 4) is 11.5 Å². The number of benzene rings is 2. The van der Waals surface area contributed by atoms with Crippen LogP contribution >= 0.6 is 0 Å². The highest BCUT2D eigenvalue weighted by molar-refractivity contribution is 6.27. The number of hydrogen-bond acceptors (Lipinski definition) is 6. The summed E-state index contributed by atoms with van der Waals surface area (Å²) < 4.78 is 10.8. The van der Waals surface area contributed by atoms with Gasteiger partial charge in [0.2, 0.25) is 0 Å². The minimum atomic E-state index is -1.82. The second-order valence-corrected chi connectivity index (χ2v) is 6.96. The number of methoxy groups -OCH3 is 1. The highest BCUT2D eigenvalue weighted by atomic mass is 16.5. The van der Waals surface area contributed by atoms with Crippen molar-refractivity contribution in [3.05, 3.63) is 59.7 Å². The van der Waals surface area contributed by atoms with Gasteiger partial charge in [-0.3, -0.25) is 9.69 Å². The van der Waals surface area contributed by atoms with Crippen LogP contribution < -0.4 is 9.47 Å². The van der Waals surface area contributed by atoms with E-state index in [-0.39, 0.29) is 5.91 Å². The van der Waals surface area contributed by atoms with Crippen LogP contribution in [-0.2, 0) is 16.1 Å². The van der Waals surface area contributed by atoms with Crippen molar-refractivity contribution >= 4 is 17.8 Å². The first-order valence-corrected chi connectivity index (χ1v) is 10.2. The predicted octanol–water partition coefficient (Wildman–Crippen LogP) is 2.21. The van der Waals surface area contributed by atoms with E-state index in [0.717, 1.165) is 38.5 Å². The molecule has 0 unspecified atom stereocenters. The molecule has 172 valence electrons. The van der Waals surface area contributed by atoms with Crippen molar-refractivity contribution < 1.29 is 34.1 Å². The van der Waals surface area contributed by atoms with E-state index in [4.69, 9.17) is 29.3 Å². The molecule has 0 aliphatic carbocycles. The van der Waals surface area contributed by atoms with Gasteiger partial charge in [0, 0.05) is 32.7 Å². The summed E-state index contributed by atoms with van der Waals surface area (Å²) in [7, 11) is 1.60. The van der Waals surface area contributed by atoms with Crippen LogP contribution in [0.5, 0.6) is 11.5 Å². The fourth-order valence-electron chi connectivity index (χ4n) is 3.22. The summed E-state index contributed by atoms with van der Waals surface area (Å²) in [6.45, 7) is 6.76. The quantitative estimate of drug-likeness (QED) is 0.652. The molecule has 1 saturated heterocycles. The molecule has 0 saturated carbocycles. The Bertz CT molecular complexity index is 895. The number of rotatable bonds is 6. The van der Waals surface area contributed by atoms with E-state index in [0.29, 0.717) is 17.9 Å². The van der Waals surface area contributed by atoms with E-state index in [1.54, 1.807) is 7.11 Å². The van der Waals surface area contributed by atoms with Crippen LogP contribution in [0.4, 0.5) is 0 Å². The molecule has 3 rings (SSSR count). The highest BCUT2D eigenvalue weighted by Gasteiger charge is 2.24. The molecule has 2 aromatic rings. The molecule has 1 amide bonds. The smallest absolute Gasteiger partial charge is 0.414 e. The topological polar surface area (TPSA) is 117 Å². The van der Waals surface area contributed by atoms with E-state index >= 15 is 0 Å². The molecule has 9 nitrogen and oxygen atoms in total. The first-order valence-electron chi connectivity index (χ1n) is 10.2. The summed E-state index contributed by atoms with van der Waals surface area (Å²) in [5.41, 5.74) is 1.90. The number of carboxylic acids is 2. The zero-order chi connectivity index (χ0) is 23.5. The van der Waals surface area contributed by atoms with Crippen LogP contribution in [0.15, 0.2) is 48.5 Å². The number of para-hydroxylation sites is 1. The maximum absolute atomic E-state index is 12.8. The van der Waals surface area contributed by atoms with Gasteiger partial charge in [-0.25, -0.2) is 9.59 Å². The molecule has 2 aromatic carbocycles. The van der Waals surface area contributed by atoms with E-state index in [2.05, 4.69) is 17.0 Å². The number of aliphatic carboxylic acids is 2. The molecular formula is C23H28N2O7. The van der Waals surface area contributed by atoms with Crippen LogP contribution in [-0.4, -0.2) is 77.8 Å². The number of carbonyl (C=O) groups is 3. The molecule has 0 aromatic heterocycles. The third-order valence-corrected chi connectivity index (χ3v) is 4.82. The largest absolute Gasteiger partial charge is 0.496 e. The van der Waals surface area contributed by atoms with Crippen LogP contribution in [0.25, 0.3) is 0 Å². The Morgan fingerprint density at radius 1 is 0.906 bits per heavy atom. The average Bonchev–Trinajstić information content (AvgIpc) is 2.81. The maximum Gasteiger partial charge on any atom is 0.414 e. The molecule has 32 heavy (non-hydrogen) atoms. The van der Waals surface area contributed by atoms with Gasteiger partial charge in [0.05, 0.1) is 19.3 Å². The van der Waals surface area contributed by atoms with Gasteiger partial charge in [-0.15, -0.1) is 0 Å². The molecule has 1 fully saturated rings. The zero-order valence-corrected chi connectivity index (χ0v) is 18.2. The van der Waals surface area contributed by atoms with Crippen LogP contribution in [0.2, 0.25) is 0 Å². The Labute approximate surface area is 186 Å². The monoisotopic (exact) mass is 444 g/mol. The number of amides is 1. The Kier molecular flexibility index (Phi) is 9.49. The van der Waals surface area contributed by atoms with Crippen molar-refractivity contribution in [2.24, 2.45) is 0 Å². The van der Waals surface area contributed by atoms with E-state index in [1.807, 2.05) is 48.2 Å². The number of hydrogen-bond donors (Lipinski definition) is 2. The van der Waals surface area contributed by atoms with Gasteiger partial charge >= 0.3 is 11.9 Å². The lowest BCUT2D eigenvalue weighted by Gasteiger charge is -2.35. The van der Waals surface area contributed by atoms with Gasteiger partial charge in [0.25, 0.3) is 5.91 Å². The molecule has 1 aliphatic rings. The second kappa shape index (κ2) is 12.3. The highest BCUT2D eigenvalue weighted by Crippen LogP contribution is 2.21. The summed E-state index contributed by atoms with van der Waals surface area (Å²) in [4.78, 5) is 35.2. The van der Waals surface area contributed by atoms with Crippen LogP contribution in [0.3, 0.4) is 0 Å². The summed E-state index contributed by atoms with van der Waals surface area (Å²) >= 11 is 0. The molecule has 9 heteroatoms. The van der Waals surface area contributed by atoms with Crippen molar-refractivity contribution in [1.29, 1.82) is 0 Å². The van der Waals surface area contributed by atoms with Gasteiger partial charge in [-0.2, -0.15) is 0 Å². The van der Waals surface area contributed by atoms with Crippen LogP contribution in [0, 0.1) is 0 Å². The Hall–Kier alpha value is -3.59. The number of carboxylic acid groups (broad SMARTS) is 2. The molecular weight excluding hydrogens is 416 g/mol. The van der Waals surface area contributed by atoms with Gasteiger partial charge < -0.3 is 24.6 Å². The third kappa shape index (κ3) is 7.28. The third-order valence-electron chi connectivity index (χ3n) is 4.82. The lowest BCUT2D eigenvalue weighted by atomic mass is 10.1. The van der Waals surface area contributed by atoms with Gasteiger partial charge in [0.1, 0.15) is 11.5 Å². The SMILES string of the molecule is CCOc1ccc(CN2CCN(C(=O)c3ccccc3OC)CC2)cc1.O=C(O)C(=O)O. The summed E-state index contributed by atoms with van der Waals surface area (Å²) in [5, 5.41) is 14.8. The normalized spacial score (nSPS) is 13.5. The standard InChI is InChI=1S/C21H26N2O3.C2H2O4/c1-3-26-18-10-8-17(9-11-18)16-22-12-14-23(15-13-22)21(24)19-6-4-5-7-20(19)25-2;3-1(4)2(5)6/h4-11H,3,12-16H2,1-2H3;(H,3,4)(H,5,6). The first-order chi connectivity index (χ1) is 15.3. The van der Waals surface area contributed by atoms with E-state index in [1.165, 1.54) is 5.56 Å². The summed E-state index contributed by atoms with van der Waals surface area (Å²) in [6, 6.07) is 15.7. The van der Waals surface area contributed by atoms with Gasteiger partial charge in [-0.05, 0) is 36.8 Å². The molecule has 1 aliphatic heterocycles. The van der Waals surface area contributed by atoms with Crippen molar-refractivity contribution in [1.82, 2.24) is 9.80 Å². The van der Waals surface area contributed by atoms with Crippen molar-refractivity contribution in [2.75, 3.05) is 39.9 Å². The average molecular weight is 444 g/mol. The van der Waals surface area contributed by atoms with Crippen molar-refractivity contribution in [3.63, 3.8) is 0 Å². The molecule has 0 atom stereocenters. The summed E-state index contributed by atoms with van der Waals surface area (Å²) in [5.74, 6) is -2.06. The fraction of sp³-hybridized carbons (Fsp3) is 0.348. The fourth-order valence-corrected chi connectivity index (χ4v) is 3.22. The first kappa shape index (κ1) is 24.7. The van der Waals surface area contributed by atoms with E-state index < -0.39 is 11.9 Å². The molecule has 0 spiro atoms. The van der Waals surface area contributed by atoms with E-state index in [9.17, 15) is 4.79 Å². The minimum Gasteiger partial charge on any atom is -0.496 e. The van der Waals surface area contributed by atoms with Gasteiger partial charge in [0.15, 0.2) is 0 Å². The second-order valence-electron chi connectivity index (χ2n) is 6.96. The molecule has 0 radical (unpaired) electrons. The number of carbonyl (C=O) groups excluding carboxylic acids is 1. The predicted molar refractivity (Wildman–Crippen MR) is 117 cm³/mol. The van der Waals surface area contributed by atoms with Crippen LogP contribution in [0.1, 0.15) is 22.8 Å². The Morgan fingerprint density at radius 2 is 1.50 bits per heavy atom. The maximum atomic E-state index is 12.8. The number of ether oxygens (including phenoxy) is 2. The van der Waals surface area contributed by atoms with Crippen molar-refractivity contribution in [2.45, 2.75) is 13.5 Å². The number of piperazine rings is 1. The lowest BCUT2D eigenvalue weighted by molar-refractivity contribution is -0.159. The molecule has 1 heterocycles. The molecule has 0 bridgehead atoms. The number of nitrogens with zero attached hydrogens (tertiary/aromatic N) is 2. The summed E-state index contributed by atoms with van der Waals surface area (Å²) in [6.07, 6.45) is 0.